The van der Waals surface area contributed by atoms with E-state index < -0.39 is 190 Å². The van der Waals surface area contributed by atoms with Gasteiger partial charge in [0.25, 0.3) is 0 Å². The van der Waals surface area contributed by atoms with Gasteiger partial charge in [-0.15, -0.1) is 0 Å². The lowest BCUT2D eigenvalue weighted by atomic mass is 9.52. The zero-order valence-electron chi connectivity index (χ0n) is 78.7. The molecule has 8 amide bonds. The lowest BCUT2D eigenvalue weighted by molar-refractivity contribution is -0.156. The standard InChI is InChI=1S/C117H104N4O22/c1-114(2,64-33-43-74(44-34-64)140-55-70(126)57-142-116-88-25-13-9-21-82(88)96(83-22-10-14-26-89(83)116)102-104(116)112(134)120(110(102)132)59-118-106(128)98-92-76-17-5-7-19-78(76)94(100(98)108(118)130)86-49-66(122)37-47-80(86)92)62-29-39-72(40-30-62)138-53-68(124)51-136-61-137-52-69(125)54-139-73-41-31-63(32-42-73)115(3,4)65-35-45-75(46-36-65)141-56-71(127)58-143-117-90-27-15-11-23-84(90)97(85-24-12-16-28-91(85)117)103-105(117)113(135)121(111(103)133)60-119-107(129)99-93-77-18-6-8-20-79(77)95(101(99)109(119)131)87-50-67(123)38-48-81(87)93/h5-50,68-71,92-105,122-127H,51-61H2,1-4H3. The summed E-state index contributed by atoms with van der Waals surface area (Å²) in [6.45, 7) is 5.76. The van der Waals surface area contributed by atoms with Crippen LogP contribution < -0.4 is 18.9 Å². The van der Waals surface area contributed by atoms with Crippen LogP contribution in [0.4, 0.5) is 0 Å². The lowest BCUT2D eigenvalue weighted by Gasteiger charge is -2.53. The topological polar surface area (TPSA) is 345 Å². The minimum Gasteiger partial charge on any atom is -0.508 e. The van der Waals surface area contributed by atoms with Crippen molar-refractivity contribution in [3.05, 3.63) is 390 Å². The SMILES string of the molecule is CC(C)(c1ccc(OCC(O)COCOCC(O)COc2ccc(C(C)(C)c3ccc(OCC(O)COC45c6ccccc6C(c6ccccc64)C4C(=O)N(CN6C(=O)C7C8c9ccccc9C(c9cc(O)ccc98)C7C6=O)C(=O)C45)cc3)cc2)cc1)c1ccc(OCC(O)COC23c4ccccc4C(c4ccccc42)C2C(=O)N(CN4C(=O)C5C6c7ccccc7C(c7cc(O)ccc76)C5C4=O)C(=O)C23)cc1. The minimum absolute atomic E-state index is 0.0533. The van der Waals surface area contributed by atoms with Crippen molar-refractivity contribution in [3.8, 4) is 34.5 Å². The second kappa shape index (κ2) is 34.8. The molecule has 28 rings (SSSR count). The number of aromatic hydroxyl groups is 2. The molecule has 4 fully saturated rings. The van der Waals surface area contributed by atoms with E-state index in [1.807, 2.05) is 255 Å². The van der Waals surface area contributed by atoms with Crippen molar-refractivity contribution in [3.63, 3.8) is 0 Å². The van der Waals surface area contributed by atoms with Crippen molar-refractivity contribution in [2.24, 2.45) is 47.3 Å². The molecule has 12 aromatic carbocycles. The highest BCUT2D eigenvalue weighted by atomic mass is 16.7. The van der Waals surface area contributed by atoms with Crippen molar-refractivity contribution in [2.75, 3.05) is 73.0 Å². The second-order valence-corrected chi connectivity index (χ2v) is 41.1. The Morgan fingerprint density at radius 2 is 0.497 bits per heavy atom. The van der Waals surface area contributed by atoms with Crippen LogP contribution in [0.2, 0.25) is 0 Å². The molecule has 0 aromatic heterocycles. The molecule has 16 unspecified atom stereocenters. The molecule has 12 aromatic rings. The van der Waals surface area contributed by atoms with E-state index in [2.05, 4.69) is 27.7 Å². The molecule has 16 aliphatic rings. The van der Waals surface area contributed by atoms with Crippen LogP contribution in [0.25, 0.3) is 0 Å². The van der Waals surface area contributed by atoms with Gasteiger partial charge in [-0.1, -0.05) is 234 Å². The number of imide groups is 4. The molecule has 26 heteroatoms. The van der Waals surface area contributed by atoms with Crippen LogP contribution in [0.15, 0.2) is 279 Å². The molecule has 4 aliphatic heterocycles. The molecular weight excluding hydrogens is 1810 g/mol. The molecule has 8 bridgehead atoms. The van der Waals surface area contributed by atoms with E-state index in [-0.39, 0.29) is 71.1 Å². The number of aliphatic hydroxyl groups is 4. The summed E-state index contributed by atoms with van der Waals surface area (Å²) in [7, 11) is 0. The van der Waals surface area contributed by atoms with E-state index in [1.54, 1.807) is 24.3 Å². The van der Waals surface area contributed by atoms with Crippen LogP contribution in [-0.2, 0) is 79.3 Å². The van der Waals surface area contributed by atoms with Gasteiger partial charge in [0.05, 0.1) is 73.8 Å². The molecule has 0 saturated carbocycles. The zero-order valence-corrected chi connectivity index (χ0v) is 78.7. The summed E-state index contributed by atoms with van der Waals surface area (Å²) in [5, 5.41) is 66.7. The van der Waals surface area contributed by atoms with Gasteiger partial charge in [0.2, 0.25) is 47.3 Å². The number of amides is 8. The maximum absolute atomic E-state index is 15.5. The molecule has 6 N–H and O–H groups in total. The van der Waals surface area contributed by atoms with Gasteiger partial charge in [-0.25, -0.2) is 0 Å². The number of hydrogen-bond acceptors (Lipinski definition) is 22. The number of aliphatic hydroxyl groups excluding tert-OH is 4. The maximum Gasteiger partial charge on any atom is 0.238 e. The number of rotatable bonds is 32. The first-order valence-corrected chi connectivity index (χ1v) is 49.0. The summed E-state index contributed by atoms with van der Waals surface area (Å²) in [4.78, 5) is 126. The molecule has 26 nitrogen and oxygen atoms in total. The van der Waals surface area contributed by atoms with Gasteiger partial charge in [0.1, 0.15) is 117 Å². The number of carbonyl (C=O) groups is 8. The predicted molar refractivity (Wildman–Crippen MR) is 517 cm³/mol. The van der Waals surface area contributed by atoms with E-state index in [1.165, 1.54) is 0 Å². The molecule has 724 valence electrons. The second-order valence-electron chi connectivity index (χ2n) is 41.1. The van der Waals surface area contributed by atoms with Crippen LogP contribution in [-0.4, -0.2) is 195 Å². The van der Waals surface area contributed by atoms with Gasteiger partial charge < -0.3 is 68.5 Å². The maximum atomic E-state index is 15.5. The normalized spacial score (nSPS) is 26.1. The number of likely N-dealkylation sites (tertiary alicyclic amines) is 4. The van der Waals surface area contributed by atoms with Crippen molar-refractivity contribution < 1.29 is 107 Å². The smallest absolute Gasteiger partial charge is 0.238 e. The molecule has 0 radical (unpaired) electrons. The van der Waals surface area contributed by atoms with E-state index in [0.717, 1.165) is 109 Å². The largest absolute Gasteiger partial charge is 0.508 e. The Kier molecular flexibility index (Phi) is 22.2. The summed E-state index contributed by atoms with van der Waals surface area (Å²) in [6, 6.07) is 86.4. The van der Waals surface area contributed by atoms with Gasteiger partial charge in [-0.2, -0.15) is 0 Å². The molecular formula is C117H104N4O22. The summed E-state index contributed by atoms with van der Waals surface area (Å²) < 4.78 is 49.6. The van der Waals surface area contributed by atoms with E-state index >= 15 is 19.2 Å². The predicted octanol–water partition coefficient (Wildman–Crippen LogP) is 13.1. The molecule has 4 heterocycles. The number of phenolic OH excluding ortho intramolecular Hbond substituents is 2. The summed E-state index contributed by atoms with van der Waals surface area (Å²) in [5.74, 6) is -12.3. The summed E-state index contributed by atoms with van der Waals surface area (Å²) >= 11 is 0. The number of nitrogens with zero attached hydrogens (tertiary/aromatic N) is 4. The van der Waals surface area contributed by atoms with Crippen LogP contribution in [0, 0.1) is 47.3 Å². The van der Waals surface area contributed by atoms with Crippen molar-refractivity contribution in [1.82, 2.24) is 19.6 Å². The monoisotopic (exact) mass is 1920 g/mol. The van der Waals surface area contributed by atoms with Crippen molar-refractivity contribution in [1.29, 1.82) is 0 Å². The molecule has 0 spiro atoms. The number of carbonyl (C=O) groups excluding carboxylic acids is 8. The first-order valence-electron chi connectivity index (χ1n) is 49.0. The number of ether oxygens (including phenoxy) is 8. The third-order valence-electron chi connectivity index (χ3n) is 32.9. The third kappa shape index (κ3) is 14.1. The van der Waals surface area contributed by atoms with E-state index in [4.69, 9.17) is 37.9 Å². The molecule has 4 saturated heterocycles. The molecule has 143 heavy (non-hydrogen) atoms. The van der Waals surface area contributed by atoms with Gasteiger partial charge >= 0.3 is 0 Å². The highest BCUT2D eigenvalue weighted by Crippen LogP contribution is 2.69. The summed E-state index contributed by atoms with van der Waals surface area (Å²) in [5.41, 5.74) is 12.9. The Morgan fingerprint density at radius 3 is 0.783 bits per heavy atom. The van der Waals surface area contributed by atoms with Gasteiger partial charge in [0, 0.05) is 46.3 Å². The summed E-state index contributed by atoms with van der Waals surface area (Å²) in [6.07, 6.45) is -4.41. The highest BCUT2D eigenvalue weighted by Gasteiger charge is 2.73. The van der Waals surface area contributed by atoms with E-state index in [9.17, 15) is 49.8 Å². The van der Waals surface area contributed by atoms with Crippen molar-refractivity contribution >= 4 is 47.3 Å². The van der Waals surface area contributed by atoms with E-state index in [0.29, 0.717) is 45.3 Å². The average molecular weight is 1920 g/mol. The fourth-order valence-electron chi connectivity index (χ4n) is 26.5. The van der Waals surface area contributed by atoms with Gasteiger partial charge in [-0.3, -0.25) is 58.0 Å². The first kappa shape index (κ1) is 91.2. The minimum atomic E-state index is -1.56. The number of benzene rings is 12. The highest BCUT2D eigenvalue weighted by molar-refractivity contribution is 6.13. The van der Waals surface area contributed by atoms with Crippen molar-refractivity contribution in [2.45, 2.75) is 110 Å². The Balaban J connectivity index is 0.346. The number of hydrogen-bond donors (Lipinski definition) is 6. The quantitative estimate of drug-likeness (QED) is 0.0130. The third-order valence-corrected chi connectivity index (χ3v) is 32.9. The fraction of sp³-hybridized carbons (Fsp3) is 0.316. The Labute approximate surface area is 823 Å². The first-order chi connectivity index (χ1) is 69.2. The van der Waals surface area contributed by atoms with Crippen LogP contribution >= 0.6 is 0 Å². The average Bonchev–Trinajstić information content (AvgIpc) is 1.58. The van der Waals surface area contributed by atoms with Crippen LogP contribution in [0.1, 0.15) is 174 Å². The zero-order chi connectivity index (χ0) is 98.3. The Bertz CT molecular complexity index is 6690. The molecule has 12 aliphatic carbocycles. The lowest BCUT2D eigenvalue weighted by Crippen LogP contribution is -2.55. The van der Waals surface area contributed by atoms with Gasteiger partial charge in [0.15, 0.2) is 0 Å². The van der Waals surface area contributed by atoms with Crippen LogP contribution in [0.3, 0.4) is 0 Å². The molecule has 16 atom stereocenters. The Morgan fingerprint density at radius 1 is 0.266 bits per heavy atom. The Hall–Kier alpha value is -14.3. The van der Waals surface area contributed by atoms with Crippen LogP contribution in [0.5, 0.6) is 34.5 Å². The van der Waals surface area contributed by atoms with Gasteiger partial charge in [-0.05, 0) is 184 Å². The fourth-order valence-corrected chi connectivity index (χ4v) is 26.5. The number of phenols is 2.